The average molecular weight is 339 g/mol. The number of amides is 1. The molecule has 1 amide bonds. The topological polar surface area (TPSA) is 76.1 Å². The molecular formula is C15H15ClN2O3S. The highest BCUT2D eigenvalue weighted by Gasteiger charge is 2.11. The molecule has 2 rings (SSSR count). The molecule has 0 spiro atoms. The van der Waals surface area contributed by atoms with E-state index in [1.165, 1.54) is 18.5 Å². The van der Waals surface area contributed by atoms with Crippen LogP contribution in [0.2, 0.25) is 5.02 Å². The summed E-state index contributed by atoms with van der Waals surface area (Å²) in [6.45, 7) is 2.01. The van der Waals surface area contributed by atoms with Gasteiger partial charge >= 0.3 is 0 Å². The summed E-state index contributed by atoms with van der Waals surface area (Å²) >= 11 is 5.72. The molecule has 0 aliphatic rings. The summed E-state index contributed by atoms with van der Waals surface area (Å²) in [5.41, 5.74) is 1.74. The molecule has 22 heavy (non-hydrogen) atoms. The van der Waals surface area contributed by atoms with Gasteiger partial charge in [0.05, 0.1) is 9.92 Å². The van der Waals surface area contributed by atoms with Crippen LogP contribution in [-0.4, -0.2) is 25.6 Å². The number of carbonyl (C=O) groups is 1. The minimum Gasteiger partial charge on any atom is -0.347 e. The van der Waals surface area contributed by atoms with Crippen LogP contribution in [-0.2, 0) is 16.4 Å². The summed E-state index contributed by atoms with van der Waals surface area (Å²) in [4.78, 5) is 16.2. The van der Waals surface area contributed by atoms with Gasteiger partial charge in [-0.25, -0.2) is 13.4 Å². The van der Waals surface area contributed by atoms with Crippen LogP contribution in [0.3, 0.4) is 0 Å². The molecule has 0 saturated carbocycles. The van der Waals surface area contributed by atoms with Crippen molar-refractivity contribution in [2.24, 2.45) is 0 Å². The van der Waals surface area contributed by atoms with E-state index in [1.807, 2.05) is 0 Å². The fraction of sp³-hybridized carbons (Fsp3) is 0.200. The van der Waals surface area contributed by atoms with E-state index in [2.05, 4.69) is 10.3 Å². The maximum Gasteiger partial charge on any atom is 0.270 e. The van der Waals surface area contributed by atoms with Crippen LogP contribution in [0, 0.1) is 6.92 Å². The van der Waals surface area contributed by atoms with Crippen LogP contribution in [0.15, 0.2) is 41.4 Å². The van der Waals surface area contributed by atoms with E-state index in [0.29, 0.717) is 15.5 Å². The van der Waals surface area contributed by atoms with Crippen molar-refractivity contribution >= 4 is 27.3 Å². The van der Waals surface area contributed by atoms with Crippen molar-refractivity contribution in [3.05, 3.63) is 58.4 Å². The molecule has 1 aromatic carbocycles. The summed E-state index contributed by atoms with van der Waals surface area (Å²) < 4.78 is 23.1. The number of aryl methyl sites for hydroxylation is 1. The van der Waals surface area contributed by atoms with Gasteiger partial charge < -0.3 is 5.32 Å². The molecule has 1 aromatic heterocycles. The molecule has 0 atom stereocenters. The van der Waals surface area contributed by atoms with Crippen molar-refractivity contribution in [3.8, 4) is 0 Å². The Bertz CT molecular complexity index is 802. The first-order valence-electron chi connectivity index (χ1n) is 6.47. The lowest BCUT2D eigenvalue weighted by Gasteiger charge is -2.08. The molecule has 5 nitrogen and oxygen atoms in total. The molecule has 2 aromatic rings. The molecule has 0 aliphatic heterocycles. The lowest BCUT2D eigenvalue weighted by molar-refractivity contribution is 0.0946. The molecule has 0 aliphatic carbocycles. The van der Waals surface area contributed by atoms with Gasteiger partial charge in [-0.3, -0.25) is 4.79 Å². The van der Waals surface area contributed by atoms with Gasteiger partial charge in [-0.2, -0.15) is 0 Å². The minimum atomic E-state index is -3.24. The number of pyridine rings is 1. The van der Waals surface area contributed by atoms with Crippen molar-refractivity contribution in [3.63, 3.8) is 0 Å². The van der Waals surface area contributed by atoms with Crippen molar-refractivity contribution in [1.82, 2.24) is 10.3 Å². The van der Waals surface area contributed by atoms with Gasteiger partial charge in [0.1, 0.15) is 5.69 Å². The molecule has 7 heteroatoms. The maximum absolute atomic E-state index is 11.9. The summed E-state index contributed by atoms with van der Waals surface area (Å²) in [5.74, 6) is -0.318. The fourth-order valence-electron chi connectivity index (χ4n) is 2.02. The Morgan fingerprint density at radius 3 is 2.55 bits per heavy atom. The van der Waals surface area contributed by atoms with Crippen molar-refractivity contribution in [1.29, 1.82) is 0 Å². The average Bonchev–Trinajstić information content (AvgIpc) is 2.44. The molecule has 0 saturated heterocycles. The second kappa shape index (κ2) is 6.46. The number of sulfone groups is 1. The quantitative estimate of drug-likeness (QED) is 0.928. The fourth-order valence-corrected chi connectivity index (χ4v) is 3.09. The van der Waals surface area contributed by atoms with E-state index >= 15 is 0 Å². The highest BCUT2D eigenvalue weighted by Crippen LogP contribution is 2.16. The lowest BCUT2D eigenvalue weighted by atomic mass is 10.1. The second-order valence-corrected chi connectivity index (χ2v) is 7.34. The molecule has 0 fully saturated rings. The highest BCUT2D eigenvalue weighted by atomic mass is 35.5. The molecular weight excluding hydrogens is 324 g/mol. The zero-order valence-electron chi connectivity index (χ0n) is 12.1. The Morgan fingerprint density at radius 1 is 1.27 bits per heavy atom. The minimum absolute atomic E-state index is 0.272. The van der Waals surface area contributed by atoms with Crippen LogP contribution >= 0.6 is 11.6 Å². The van der Waals surface area contributed by atoms with Gasteiger partial charge in [0.15, 0.2) is 9.84 Å². The lowest BCUT2D eigenvalue weighted by Crippen LogP contribution is -2.23. The molecule has 0 bridgehead atoms. The van der Waals surface area contributed by atoms with Crippen molar-refractivity contribution < 1.29 is 13.2 Å². The number of benzene rings is 1. The molecule has 0 unspecified atom stereocenters. The number of hydrogen-bond donors (Lipinski definition) is 1. The number of hydrogen-bond acceptors (Lipinski definition) is 4. The van der Waals surface area contributed by atoms with E-state index in [4.69, 9.17) is 11.6 Å². The van der Waals surface area contributed by atoms with Crippen LogP contribution in [0.25, 0.3) is 0 Å². The number of rotatable bonds is 4. The van der Waals surface area contributed by atoms with Gasteiger partial charge in [-0.1, -0.05) is 23.7 Å². The van der Waals surface area contributed by atoms with Crippen molar-refractivity contribution in [2.45, 2.75) is 18.4 Å². The van der Waals surface area contributed by atoms with Crippen LogP contribution in [0.5, 0.6) is 0 Å². The number of nitrogens with one attached hydrogen (secondary N) is 1. The van der Waals surface area contributed by atoms with E-state index in [-0.39, 0.29) is 18.1 Å². The largest absolute Gasteiger partial charge is 0.347 e. The number of carbonyl (C=O) groups excluding carboxylic acids is 1. The SMILES string of the molecule is Cc1cc(CNC(=O)c2ccc(Cl)cn2)ccc1S(C)(=O)=O. The Kier molecular flexibility index (Phi) is 4.83. The zero-order valence-corrected chi connectivity index (χ0v) is 13.7. The third-order valence-corrected chi connectivity index (χ3v) is 4.53. The second-order valence-electron chi connectivity index (χ2n) is 4.92. The Hall–Kier alpha value is -1.92. The summed E-state index contributed by atoms with van der Waals surface area (Å²) in [7, 11) is -3.24. The molecule has 1 N–H and O–H groups in total. The predicted octanol–water partition coefficient (Wildman–Crippen LogP) is 2.38. The standard InChI is InChI=1S/C15H15ClN2O3S/c1-10-7-11(3-6-14(10)22(2,20)21)8-18-15(19)13-5-4-12(16)9-17-13/h3-7,9H,8H2,1-2H3,(H,18,19). The van der Waals surface area contributed by atoms with Crippen LogP contribution in [0.4, 0.5) is 0 Å². The first kappa shape index (κ1) is 16.5. The Morgan fingerprint density at radius 2 is 2.00 bits per heavy atom. The highest BCUT2D eigenvalue weighted by molar-refractivity contribution is 7.90. The third-order valence-electron chi connectivity index (χ3n) is 3.05. The van der Waals surface area contributed by atoms with Crippen LogP contribution < -0.4 is 5.32 Å². The molecule has 0 radical (unpaired) electrons. The van der Waals surface area contributed by atoms with E-state index in [0.717, 1.165) is 5.56 Å². The van der Waals surface area contributed by atoms with E-state index in [9.17, 15) is 13.2 Å². The number of halogens is 1. The van der Waals surface area contributed by atoms with Gasteiger partial charge in [0.25, 0.3) is 5.91 Å². The van der Waals surface area contributed by atoms with Gasteiger partial charge in [-0.05, 0) is 36.2 Å². The number of aromatic nitrogens is 1. The predicted molar refractivity (Wildman–Crippen MR) is 84.7 cm³/mol. The van der Waals surface area contributed by atoms with Gasteiger partial charge in [0.2, 0.25) is 0 Å². The van der Waals surface area contributed by atoms with Crippen LogP contribution in [0.1, 0.15) is 21.6 Å². The monoisotopic (exact) mass is 338 g/mol. The summed E-state index contributed by atoms with van der Waals surface area (Å²) in [6, 6.07) is 8.10. The van der Waals surface area contributed by atoms with Gasteiger partial charge in [0, 0.05) is 19.0 Å². The van der Waals surface area contributed by atoms with E-state index in [1.54, 1.807) is 31.2 Å². The summed E-state index contributed by atoms with van der Waals surface area (Å²) in [6.07, 6.45) is 2.57. The summed E-state index contributed by atoms with van der Waals surface area (Å²) in [5, 5.41) is 3.19. The first-order valence-corrected chi connectivity index (χ1v) is 8.73. The maximum atomic E-state index is 11.9. The van der Waals surface area contributed by atoms with Gasteiger partial charge in [-0.15, -0.1) is 0 Å². The normalized spacial score (nSPS) is 11.2. The van der Waals surface area contributed by atoms with E-state index < -0.39 is 9.84 Å². The smallest absolute Gasteiger partial charge is 0.270 e. The van der Waals surface area contributed by atoms with Crippen molar-refractivity contribution in [2.75, 3.05) is 6.26 Å². The zero-order chi connectivity index (χ0) is 16.3. The number of nitrogens with zero attached hydrogens (tertiary/aromatic N) is 1. The first-order chi connectivity index (χ1) is 10.3. The molecule has 116 valence electrons. The Labute approximate surface area is 134 Å². The Balaban J connectivity index is 2.07. The third kappa shape index (κ3) is 4.05. The molecule has 1 heterocycles.